The van der Waals surface area contributed by atoms with Gasteiger partial charge in [-0.1, -0.05) is 42.6 Å². The highest BCUT2D eigenvalue weighted by Crippen LogP contribution is 2.28. The molecule has 0 aromatic heterocycles. The van der Waals surface area contributed by atoms with Crippen molar-refractivity contribution in [2.75, 3.05) is 11.9 Å². The topological polar surface area (TPSA) is 3.24 Å². The molecule has 0 fully saturated rings. The normalized spacial score (nSPS) is 15.2. The van der Waals surface area contributed by atoms with Gasteiger partial charge in [-0.3, -0.25) is 0 Å². The van der Waals surface area contributed by atoms with E-state index in [-0.39, 0.29) is 0 Å². The summed E-state index contributed by atoms with van der Waals surface area (Å²) in [5.41, 5.74) is 2.20. The molecular weight excluding hydrogens is 186 g/mol. The van der Waals surface area contributed by atoms with E-state index in [4.69, 9.17) is 24.4 Å². The number of hydrogen-bond acceptors (Lipinski definition) is 2. The highest BCUT2D eigenvalue weighted by atomic mass is 32.1. The quantitative estimate of drug-likeness (QED) is 0.581. The van der Waals surface area contributed by atoms with Crippen LogP contribution in [0.15, 0.2) is 24.3 Å². The predicted molar refractivity (Wildman–Crippen MR) is 59.1 cm³/mol. The molecule has 0 saturated heterocycles. The number of likely N-dealkylation sites (N-methyl/N-ethyl adjacent to an activating group) is 1. The van der Waals surface area contributed by atoms with E-state index in [2.05, 4.69) is 0 Å². The molecule has 1 aliphatic heterocycles. The molecule has 0 bridgehead atoms. The Labute approximate surface area is 82.0 Å². The highest BCUT2D eigenvalue weighted by Gasteiger charge is 2.25. The lowest BCUT2D eigenvalue weighted by molar-refractivity contribution is 1.32. The maximum absolute atomic E-state index is 5.19. The molecule has 0 radical (unpaired) electrons. The van der Waals surface area contributed by atoms with Crippen LogP contribution in [0, 0.1) is 0 Å². The van der Waals surface area contributed by atoms with Gasteiger partial charge in [-0.2, -0.15) is 0 Å². The summed E-state index contributed by atoms with van der Waals surface area (Å²) in [5.74, 6) is 0. The van der Waals surface area contributed by atoms with E-state index in [0.29, 0.717) is 0 Å². The summed E-state index contributed by atoms with van der Waals surface area (Å²) in [4.78, 5) is 3.50. The summed E-state index contributed by atoms with van der Waals surface area (Å²) in [5, 5.41) is 0. The average molecular weight is 193 g/mol. The summed E-state index contributed by atoms with van der Waals surface area (Å²) in [6, 6.07) is 8.01. The van der Waals surface area contributed by atoms with Gasteiger partial charge in [0, 0.05) is 12.6 Å². The molecule has 0 N–H and O–H groups in total. The van der Waals surface area contributed by atoms with Crippen molar-refractivity contribution in [1.29, 1.82) is 0 Å². The zero-order chi connectivity index (χ0) is 8.72. The largest absolute Gasteiger partial charge is 0.334 e. The maximum atomic E-state index is 5.19. The number of anilines is 1. The van der Waals surface area contributed by atoms with E-state index in [1.54, 1.807) is 0 Å². The molecule has 1 aliphatic rings. The molecular formula is C9H7NS2. The molecule has 1 aromatic carbocycles. The molecule has 12 heavy (non-hydrogen) atoms. The fraction of sp³-hybridized carbons (Fsp3) is 0.111. The van der Waals surface area contributed by atoms with Gasteiger partial charge in [0.05, 0.1) is 10.6 Å². The Morgan fingerprint density at radius 2 is 1.83 bits per heavy atom. The van der Waals surface area contributed by atoms with Crippen molar-refractivity contribution in [2.45, 2.75) is 0 Å². The van der Waals surface area contributed by atoms with Crippen LogP contribution >= 0.6 is 24.4 Å². The molecule has 0 atom stereocenters. The Bertz CT molecular complexity index is 371. The monoisotopic (exact) mass is 193 g/mol. The van der Waals surface area contributed by atoms with Gasteiger partial charge >= 0.3 is 0 Å². The van der Waals surface area contributed by atoms with Crippen LogP contribution in [-0.4, -0.2) is 16.9 Å². The average Bonchev–Trinajstić information content (AvgIpc) is 2.33. The molecule has 1 aromatic rings. The minimum atomic E-state index is 0.756. The fourth-order valence-electron chi connectivity index (χ4n) is 1.34. The van der Waals surface area contributed by atoms with Crippen LogP contribution in [0.1, 0.15) is 5.56 Å². The summed E-state index contributed by atoms with van der Waals surface area (Å²) in [7, 11) is 1.94. The van der Waals surface area contributed by atoms with Crippen molar-refractivity contribution < 1.29 is 0 Å². The van der Waals surface area contributed by atoms with E-state index < -0.39 is 0 Å². The van der Waals surface area contributed by atoms with Gasteiger partial charge in [-0.15, -0.1) is 0 Å². The van der Waals surface area contributed by atoms with Gasteiger partial charge in [-0.25, -0.2) is 0 Å². The van der Waals surface area contributed by atoms with Crippen LogP contribution in [0.4, 0.5) is 5.69 Å². The first-order chi connectivity index (χ1) is 5.72. The van der Waals surface area contributed by atoms with Crippen LogP contribution in [-0.2, 0) is 0 Å². The van der Waals surface area contributed by atoms with Gasteiger partial charge in [-0.05, 0) is 6.07 Å². The minimum Gasteiger partial charge on any atom is -0.334 e. The Balaban J connectivity index is 2.67. The lowest BCUT2D eigenvalue weighted by Crippen LogP contribution is -2.22. The predicted octanol–water partition coefficient (Wildman–Crippen LogP) is 2.18. The van der Waals surface area contributed by atoms with Crippen LogP contribution < -0.4 is 4.90 Å². The second-order valence-corrected chi connectivity index (χ2v) is 3.51. The summed E-state index contributed by atoms with van der Waals surface area (Å²) >= 11 is 10.3. The van der Waals surface area contributed by atoms with Gasteiger partial charge in [0.2, 0.25) is 0 Å². The number of rotatable bonds is 0. The van der Waals surface area contributed by atoms with Crippen molar-refractivity contribution in [3.8, 4) is 0 Å². The van der Waals surface area contributed by atoms with E-state index in [9.17, 15) is 0 Å². The van der Waals surface area contributed by atoms with Crippen molar-refractivity contribution in [3.63, 3.8) is 0 Å². The third-order valence-electron chi connectivity index (χ3n) is 2.01. The van der Waals surface area contributed by atoms with Gasteiger partial charge in [0.15, 0.2) is 0 Å². The zero-order valence-corrected chi connectivity index (χ0v) is 8.21. The van der Waals surface area contributed by atoms with Gasteiger partial charge in [0.1, 0.15) is 4.99 Å². The number of para-hydroxylation sites is 1. The molecule has 1 heterocycles. The molecule has 3 heteroatoms. The number of nitrogens with zero attached hydrogens (tertiary/aromatic N) is 1. The first-order valence-corrected chi connectivity index (χ1v) is 4.45. The Morgan fingerprint density at radius 1 is 1.17 bits per heavy atom. The second kappa shape index (κ2) is 2.61. The molecule has 60 valence electrons. The van der Waals surface area contributed by atoms with E-state index in [1.165, 1.54) is 0 Å². The zero-order valence-electron chi connectivity index (χ0n) is 6.57. The second-order valence-electron chi connectivity index (χ2n) is 2.71. The van der Waals surface area contributed by atoms with E-state index in [0.717, 1.165) is 21.1 Å². The van der Waals surface area contributed by atoms with Gasteiger partial charge in [0.25, 0.3) is 0 Å². The smallest absolute Gasteiger partial charge is 0.125 e. The third-order valence-corrected chi connectivity index (χ3v) is 3.03. The lowest BCUT2D eigenvalue weighted by Gasteiger charge is -2.10. The first kappa shape index (κ1) is 7.83. The Hall–Kier alpha value is -0.800. The van der Waals surface area contributed by atoms with E-state index >= 15 is 0 Å². The van der Waals surface area contributed by atoms with E-state index in [1.807, 2.05) is 36.2 Å². The molecule has 0 aliphatic carbocycles. The molecule has 2 rings (SSSR count). The molecule has 0 saturated carbocycles. The molecule has 1 nitrogen and oxygen atoms in total. The first-order valence-electron chi connectivity index (χ1n) is 3.63. The van der Waals surface area contributed by atoms with Crippen LogP contribution in [0.3, 0.4) is 0 Å². The number of hydrogen-bond donors (Lipinski definition) is 0. The standard InChI is InChI=1S/C9H7NS2/c1-10-7-5-3-2-4-6(7)8(11)9(10)12/h2-5H,1H3. The van der Waals surface area contributed by atoms with Gasteiger partial charge < -0.3 is 4.90 Å². The number of benzene rings is 1. The van der Waals surface area contributed by atoms with Crippen LogP contribution in [0.25, 0.3) is 0 Å². The lowest BCUT2D eigenvalue weighted by atomic mass is 10.2. The Kier molecular flexibility index (Phi) is 1.70. The molecule has 0 spiro atoms. The SMILES string of the molecule is CN1C(=S)C(=S)c2ccccc21. The fourth-order valence-corrected chi connectivity index (χ4v) is 1.85. The minimum absolute atomic E-state index is 0.756. The molecule has 0 amide bonds. The van der Waals surface area contributed by atoms with Crippen LogP contribution in [0.2, 0.25) is 0 Å². The van der Waals surface area contributed by atoms with Crippen molar-refractivity contribution in [3.05, 3.63) is 29.8 Å². The number of fused-ring (bicyclic) bond motifs is 1. The highest BCUT2D eigenvalue weighted by molar-refractivity contribution is 7.90. The summed E-state index contributed by atoms with van der Waals surface area (Å²) in [6.07, 6.45) is 0. The molecule has 0 unspecified atom stereocenters. The summed E-state index contributed by atoms with van der Waals surface area (Å²) in [6.45, 7) is 0. The van der Waals surface area contributed by atoms with Crippen molar-refractivity contribution in [1.82, 2.24) is 0 Å². The summed E-state index contributed by atoms with van der Waals surface area (Å²) < 4.78 is 0. The third kappa shape index (κ3) is 0.901. The van der Waals surface area contributed by atoms with Crippen molar-refractivity contribution >= 4 is 40.0 Å². The van der Waals surface area contributed by atoms with Crippen molar-refractivity contribution in [2.24, 2.45) is 0 Å². The Morgan fingerprint density at radius 3 is 2.50 bits per heavy atom. The maximum Gasteiger partial charge on any atom is 0.125 e. The number of thiocarbonyl (C=S) groups is 2. The van der Waals surface area contributed by atoms with Crippen LogP contribution in [0.5, 0.6) is 0 Å².